The van der Waals surface area contributed by atoms with Crippen molar-refractivity contribution in [2.45, 2.75) is 38.8 Å². The minimum absolute atomic E-state index is 0.369. The highest BCUT2D eigenvalue weighted by molar-refractivity contribution is 7.11. The minimum Gasteiger partial charge on any atom is -0.377 e. The molecule has 0 aromatic carbocycles. The molecule has 1 aromatic heterocycles. The second-order valence-electron chi connectivity index (χ2n) is 4.02. The third-order valence-corrected chi connectivity index (χ3v) is 3.80. The molecule has 84 valence electrons. The van der Waals surface area contributed by atoms with Crippen LogP contribution in [0, 0.1) is 6.92 Å². The van der Waals surface area contributed by atoms with Crippen LogP contribution < -0.4 is 5.32 Å². The van der Waals surface area contributed by atoms with E-state index in [2.05, 4.69) is 24.1 Å². The van der Waals surface area contributed by atoms with Gasteiger partial charge >= 0.3 is 0 Å². The number of nitrogens with zero attached hydrogens (tertiary/aromatic N) is 1. The summed E-state index contributed by atoms with van der Waals surface area (Å²) in [6.07, 6.45) is 4.57. The van der Waals surface area contributed by atoms with Gasteiger partial charge < -0.3 is 10.1 Å². The highest BCUT2D eigenvalue weighted by Crippen LogP contribution is 2.14. The normalized spacial score (nSPS) is 26.0. The van der Waals surface area contributed by atoms with Gasteiger partial charge in [0.1, 0.15) is 0 Å². The Kier molecular flexibility index (Phi) is 3.72. The van der Waals surface area contributed by atoms with E-state index in [1.807, 2.05) is 6.20 Å². The summed E-state index contributed by atoms with van der Waals surface area (Å²) in [5.41, 5.74) is 0. The van der Waals surface area contributed by atoms with Crippen LogP contribution in [0.25, 0.3) is 0 Å². The lowest BCUT2D eigenvalue weighted by Crippen LogP contribution is -2.35. The van der Waals surface area contributed by atoms with Crippen LogP contribution in [0.1, 0.15) is 23.2 Å². The Morgan fingerprint density at radius 2 is 2.53 bits per heavy atom. The topological polar surface area (TPSA) is 34.2 Å². The fraction of sp³-hybridized carbons (Fsp3) is 0.727. The number of nitrogens with one attached hydrogen (secondary N) is 1. The van der Waals surface area contributed by atoms with Gasteiger partial charge in [0.2, 0.25) is 0 Å². The molecule has 1 aliphatic rings. The second kappa shape index (κ2) is 5.05. The van der Waals surface area contributed by atoms with Crippen LogP contribution in [0.3, 0.4) is 0 Å². The van der Waals surface area contributed by atoms with Gasteiger partial charge in [-0.2, -0.15) is 0 Å². The zero-order chi connectivity index (χ0) is 10.7. The number of aryl methyl sites for hydroxylation is 1. The van der Waals surface area contributed by atoms with E-state index in [1.54, 1.807) is 11.3 Å². The quantitative estimate of drug-likeness (QED) is 0.849. The highest BCUT2D eigenvalue weighted by atomic mass is 32.1. The molecule has 2 atom stereocenters. The highest BCUT2D eigenvalue weighted by Gasteiger charge is 2.22. The lowest BCUT2D eigenvalue weighted by Gasteiger charge is -2.15. The molecule has 1 aliphatic heterocycles. The number of thiazole rings is 1. The number of aromatic nitrogens is 1. The van der Waals surface area contributed by atoms with Crippen molar-refractivity contribution in [1.29, 1.82) is 0 Å². The van der Waals surface area contributed by atoms with Gasteiger partial charge in [-0.05, 0) is 26.7 Å². The molecule has 1 fully saturated rings. The van der Waals surface area contributed by atoms with E-state index in [9.17, 15) is 0 Å². The Hall–Kier alpha value is -0.450. The van der Waals surface area contributed by atoms with Crippen LogP contribution in [0.4, 0.5) is 0 Å². The summed E-state index contributed by atoms with van der Waals surface area (Å²) in [5.74, 6) is 0. The van der Waals surface area contributed by atoms with Gasteiger partial charge in [-0.3, -0.25) is 0 Å². The summed E-state index contributed by atoms with van der Waals surface area (Å²) in [6, 6.07) is 0.541. The lowest BCUT2D eigenvalue weighted by atomic mass is 10.1. The number of hydrogen-bond donors (Lipinski definition) is 1. The van der Waals surface area contributed by atoms with Gasteiger partial charge in [0.15, 0.2) is 0 Å². The van der Waals surface area contributed by atoms with E-state index in [-0.39, 0.29) is 0 Å². The molecular formula is C11H18N2OS. The van der Waals surface area contributed by atoms with E-state index in [0.717, 1.165) is 31.0 Å². The van der Waals surface area contributed by atoms with Crippen LogP contribution in [0.2, 0.25) is 0 Å². The van der Waals surface area contributed by atoms with Crippen molar-refractivity contribution in [1.82, 2.24) is 10.3 Å². The van der Waals surface area contributed by atoms with Crippen molar-refractivity contribution < 1.29 is 4.74 Å². The molecule has 0 saturated carbocycles. The van der Waals surface area contributed by atoms with Gasteiger partial charge in [-0.15, -0.1) is 11.3 Å². The molecular weight excluding hydrogens is 208 g/mol. The lowest BCUT2D eigenvalue weighted by molar-refractivity contribution is 0.113. The first-order chi connectivity index (χ1) is 7.25. The van der Waals surface area contributed by atoms with Crippen molar-refractivity contribution in [3.05, 3.63) is 16.1 Å². The molecule has 4 heteroatoms. The Bertz CT molecular complexity index is 313. The maximum absolute atomic E-state index is 5.50. The predicted octanol–water partition coefficient (Wildman–Crippen LogP) is 1.76. The molecule has 2 unspecified atom stereocenters. The second-order valence-corrected chi connectivity index (χ2v) is 5.34. The zero-order valence-electron chi connectivity index (χ0n) is 9.32. The van der Waals surface area contributed by atoms with Gasteiger partial charge in [-0.1, -0.05) is 0 Å². The summed E-state index contributed by atoms with van der Waals surface area (Å²) in [4.78, 5) is 5.62. The van der Waals surface area contributed by atoms with Crippen molar-refractivity contribution in [2.24, 2.45) is 0 Å². The maximum atomic E-state index is 5.50. The van der Waals surface area contributed by atoms with E-state index < -0.39 is 0 Å². The average molecular weight is 226 g/mol. The number of rotatable bonds is 4. The summed E-state index contributed by atoms with van der Waals surface area (Å²) in [7, 11) is 0. The largest absolute Gasteiger partial charge is 0.377 e. The fourth-order valence-electron chi connectivity index (χ4n) is 1.90. The van der Waals surface area contributed by atoms with Gasteiger partial charge in [0.05, 0.1) is 11.1 Å². The van der Waals surface area contributed by atoms with Gasteiger partial charge in [0.25, 0.3) is 0 Å². The molecule has 2 heterocycles. The molecule has 0 bridgehead atoms. The monoisotopic (exact) mass is 226 g/mol. The molecule has 0 aliphatic carbocycles. The standard InChI is InChI=1S/C11H18N2OS/c1-8-11(4-6-14-8)12-5-3-10-7-13-9(2)15-10/h7-8,11-12H,3-6H2,1-2H3. The Morgan fingerprint density at radius 3 is 3.13 bits per heavy atom. The average Bonchev–Trinajstić information content (AvgIpc) is 2.77. The molecule has 0 spiro atoms. The molecule has 2 rings (SSSR count). The Balaban J connectivity index is 1.70. The summed E-state index contributed by atoms with van der Waals surface area (Å²) in [6.45, 7) is 6.12. The van der Waals surface area contributed by atoms with Crippen molar-refractivity contribution in [3.8, 4) is 0 Å². The SMILES string of the molecule is Cc1ncc(CCNC2CCOC2C)s1. The Morgan fingerprint density at radius 1 is 1.67 bits per heavy atom. The van der Waals surface area contributed by atoms with Crippen molar-refractivity contribution in [3.63, 3.8) is 0 Å². The first-order valence-corrected chi connectivity index (χ1v) is 6.33. The molecule has 15 heavy (non-hydrogen) atoms. The van der Waals surface area contributed by atoms with Crippen molar-refractivity contribution >= 4 is 11.3 Å². The first-order valence-electron chi connectivity index (χ1n) is 5.52. The molecule has 1 aromatic rings. The van der Waals surface area contributed by atoms with Crippen LogP contribution in [-0.2, 0) is 11.2 Å². The van der Waals surface area contributed by atoms with E-state index in [1.165, 1.54) is 4.88 Å². The van der Waals surface area contributed by atoms with E-state index in [0.29, 0.717) is 12.1 Å². The molecule has 3 nitrogen and oxygen atoms in total. The minimum atomic E-state index is 0.369. The van der Waals surface area contributed by atoms with Crippen LogP contribution in [0.5, 0.6) is 0 Å². The van der Waals surface area contributed by atoms with Crippen molar-refractivity contribution in [2.75, 3.05) is 13.2 Å². The number of ether oxygens (including phenoxy) is 1. The predicted molar refractivity (Wildman–Crippen MR) is 62.4 cm³/mol. The number of hydrogen-bond acceptors (Lipinski definition) is 4. The third-order valence-electron chi connectivity index (χ3n) is 2.82. The van der Waals surface area contributed by atoms with Gasteiger partial charge in [-0.25, -0.2) is 4.98 Å². The molecule has 1 saturated heterocycles. The van der Waals surface area contributed by atoms with Crippen LogP contribution in [-0.4, -0.2) is 30.3 Å². The fourth-order valence-corrected chi connectivity index (χ4v) is 2.70. The van der Waals surface area contributed by atoms with Gasteiger partial charge in [0, 0.05) is 30.3 Å². The molecule has 0 amide bonds. The smallest absolute Gasteiger partial charge is 0.0896 e. The summed E-state index contributed by atoms with van der Waals surface area (Å²) >= 11 is 1.79. The summed E-state index contributed by atoms with van der Waals surface area (Å²) < 4.78 is 5.50. The van der Waals surface area contributed by atoms with Crippen LogP contribution in [0.15, 0.2) is 6.20 Å². The first kappa shape index (κ1) is 11.0. The Labute approximate surface area is 94.9 Å². The van der Waals surface area contributed by atoms with E-state index >= 15 is 0 Å². The van der Waals surface area contributed by atoms with Crippen LogP contribution >= 0.6 is 11.3 Å². The molecule has 0 radical (unpaired) electrons. The maximum Gasteiger partial charge on any atom is 0.0896 e. The van der Waals surface area contributed by atoms with E-state index in [4.69, 9.17) is 4.74 Å². The third kappa shape index (κ3) is 3.00. The summed E-state index contributed by atoms with van der Waals surface area (Å²) in [5, 5.41) is 4.70. The zero-order valence-corrected chi connectivity index (χ0v) is 10.1. The molecule has 1 N–H and O–H groups in total.